The minimum Gasteiger partial charge on any atom is -0.493 e. The van der Waals surface area contributed by atoms with Gasteiger partial charge in [0, 0.05) is 31.8 Å². The smallest absolute Gasteiger partial charge is 0.167 e. The van der Waals surface area contributed by atoms with Crippen molar-refractivity contribution in [1.29, 1.82) is 0 Å². The van der Waals surface area contributed by atoms with Gasteiger partial charge in [0.15, 0.2) is 17.3 Å². The van der Waals surface area contributed by atoms with Crippen LogP contribution in [-0.2, 0) is 11.3 Å². The van der Waals surface area contributed by atoms with Crippen LogP contribution in [0.15, 0.2) is 28.8 Å². The molecule has 0 saturated carbocycles. The lowest BCUT2D eigenvalue weighted by atomic mass is 10.1. The Balaban J connectivity index is 2.06. The van der Waals surface area contributed by atoms with Gasteiger partial charge in [-0.05, 0) is 18.2 Å². The second-order valence-electron chi connectivity index (χ2n) is 4.42. The Labute approximate surface area is 124 Å². The van der Waals surface area contributed by atoms with Crippen molar-refractivity contribution in [3.05, 3.63) is 30.0 Å². The maximum atomic E-state index is 5.36. The predicted octanol–water partition coefficient (Wildman–Crippen LogP) is 2.09. The number of aromatic nitrogens is 1. The van der Waals surface area contributed by atoms with Crippen LogP contribution in [0.3, 0.4) is 0 Å². The van der Waals surface area contributed by atoms with Crippen molar-refractivity contribution >= 4 is 0 Å². The Hall–Kier alpha value is -2.05. The molecule has 21 heavy (non-hydrogen) atoms. The summed E-state index contributed by atoms with van der Waals surface area (Å²) >= 11 is 0. The van der Waals surface area contributed by atoms with E-state index in [1.54, 1.807) is 21.3 Å². The van der Waals surface area contributed by atoms with E-state index in [1.165, 1.54) is 0 Å². The fourth-order valence-corrected chi connectivity index (χ4v) is 1.91. The van der Waals surface area contributed by atoms with Crippen molar-refractivity contribution < 1.29 is 18.7 Å². The molecule has 0 saturated heterocycles. The number of nitrogens with one attached hydrogen (secondary N) is 1. The van der Waals surface area contributed by atoms with E-state index in [-0.39, 0.29) is 0 Å². The highest BCUT2D eigenvalue weighted by atomic mass is 16.5. The summed E-state index contributed by atoms with van der Waals surface area (Å²) in [4.78, 5) is 0. The zero-order chi connectivity index (χ0) is 15.1. The minimum absolute atomic E-state index is 0.639. The normalized spacial score (nSPS) is 10.6. The Kier molecular flexibility index (Phi) is 5.59. The first-order valence-corrected chi connectivity index (χ1v) is 6.66. The Morgan fingerprint density at radius 1 is 1.10 bits per heavy atom. The third-order valence-electron chi connectivity index (χ3n) is 3.02. The average Bonchev–Trinajstić information content (AvgIpc) is 2.99. The molecular formula is C15H20N2O4. The van der Waals surface area contributed by atoms with E-state index in [9.17, 15) is 0 Å². The van der Waals surface area contributed by atoms with Gasteiger partial charge in [-0.15, -0.1) is 0 Å². The van der Waals surface area contributed by atoms with Crippen molar-refractivity contribution in [3.63, 3.8) is 0 Å². The summed E-state index contributed by atoms with van der Waals surface area (Å²) in [7, 11) is 4.88. The third-order valence-corrected chi connectivity index (χ3v) is 3.02. The van der Waals surface area contributed by atoms with E-state index in [1.807, 2.05) is 24.3 Å². The number of ether oxygens (including phenoxy) is 3. The van der Waals surface area contributed by atoms with E-state index >= 15 is 0 Å². The molecule has 0 amide bonds. The number of rotatable bonds is 8. The summed E-state index contributed by atoms with van der Waals surface area (Å²) in [6.45, 7) is 2.08. The molecule has 2 rings (SSSR count). The fraction of sp³-hybridized carbons (Fsp3) is 0.400. The summed E-state index contributed by atoms with van der Waals surface area (Å²) in [5, 5.41) is 7.25. The lowest BCUT2D eigenvalue weighted by Gasteiger charge is -2.07. The predicted molar refractivity (Wildman–Crippen MR) is 78.6 cm³/mol. The maximum Gasteiger partial charge on any atom is 0.167 e. The van der Waals surface area contributed by atoms with Crippen LogP contribution >= 0.6 is 0 Å². The van der Waals surface area contributed by atoms with E-state index in [4.69, 9.17) is 18.7 Å². The van der Waals surface area contributed by atoms with Crippen LogP contribution in [0.25, 0.3) is 11.3 Å². The van der Waals surface area contributed by atoms with Crippen molar-refractivity contribution in [2.75, 3.05) is 34.5 Å². The lowest BCUT2D eigenvalue weighted by molar-refractivity contribution is 0.199. The summed E-state index contributed by atoms with van der Waals surface area (Å²) in [6, 6.07) is 7.51. The summed E-state index contributed by atoms with van der Waals surface area (Å²) < 4.78 is 20.8. The molecule has 0 aliphatic heterocycles. The van der Waals surface area contributed by atoms with Gasteiger partial charge in [-0.25, -0.2) is 0 Å². The van der Waals surface area contributed by atoms with Gasteiger partial charge in [0.1, 0.15) is 0 Å². The highest BCUT2D eigenvalue weighted by Gasteiger charge is 2.10. The maximum absolute atomic E-state index is 5.36. The zero-order valence-electron chi connectivity index (χ0n) is 12.5. The molecule has 0 fully saturated rings. The number of benzene rings is 1. The van der Waals surface area contributed by atoms with Gasteiger partial charge < -0.3 is 24.1 Å². The lowest BCUT2D eigenvalue weighted by Crippen LogP contribution is -2.18. The minimum atomic E-state index is 0.639. The highest BCUT2D eigenvalue weighted by Crippen LogP contribution is 2.32. The molecule has 6 nitrogen and oxygen atoms in total. The average molecular weight is 292 g/mol. The number of hydrogen-bond acceptors (Lipinski definition) is 6. The van der Waals surface area contributed by atoms with Crippen LogP contribution in [-0.4, -0.2) is 39.6 Å². The Bertz CT molecular complexity index is 569. The van der Waals surface area contributed by atoms with Gasteiger partial charge in [0.25, 0.3) is 0 Å². The van der Waals surface area contributed by atoms with Gasteiger partial charge in [-0.2, -0.15) is 0 Å². The van der Waals surface area contributed by atoms with Gasteiger partial charge in [-0.3, -0.25) is 0 Å². The SMILES string of the molecule is COCCNCc1cc(-c2ccc(OC)c(OC)c2)on1. The molecular weight excluding hydrogens is 272 g/mol. The number of nitrogens with zero attached hydrogens (tertiary/aromatic N) is 1. The van der Waals surface area contributed by atoms with Crippen LogP contribution in [0, 0.1) is 0 Å². The van der Waals surface area contributed by atoms with Crippen molar-refractivity contribution in [2.45, 2.75) is 6.54 Å². The Morgan fingerprint density at radius 2 is 1.90 bits per heavy atom. The molecule has 114 valence electrons. The van der Waals surface area contributed by atoms with Crippen LogP contribution < -0.4 is 14.8 Å². The standard InChI is InChI=1S/C15H20N2O4/c1-18-7-6-16-10-12-9-14(21-17-12)11-4-5-13(19-2)15(8-11)20-3/h4-5,8-9,16H,6-7,10H2,1-3H3. The molecule has 6 heteroatoms. The fourth-order valence-electron chi connectivity index (χ4n) is 1.91. The number of methoxy groups -OCH3 is 3. The molecule has 2 aromatic rings. The third kappa shape index (κ3) is 3.96. The summed E-state index contributed by atoms with van der Waals surface area (Å²) in [6.07, 6.45) is 0. The van der Waals surface area contributed by atoms with Crippen LogP contribution in [0.4, 0.5) is 0 Å². The van der Waals surface area contributed by atoms with Gasteiger partial charge in [0.05, 0.1) is 26.5 Å². The second kappa shape index (κ2) is 7.66. The van der Waals surface area contributed by atoms with Crippen molar-refractivity contribution in [1.82, 2.24) is 10.5 Å². The molecule has 0 atom stereocenters. The first kappa shape index (κ1) is 15.3. The molecule has 1 heterocycles. The zero-order valence-corrected chi connectivity index (χ0v) is 12.5. The molecule has 0 aliphatic rings. The second-order valence-corrected chi connectivity index (χ2v) is 4.42. The van der Waals surface area contributed by atoms with E-state index in [2.05, 4.69) is 10.5 Å². The van der Waals surface area contributed by atoms with E-state index < -0.39 is 0 Å². The molecule has 1 aromatic heterocycles. The molecule has 0 bridgehead atoms. The summed E-state index contributed by atoms with van der Waals surface area (Å²) in [5.41, 5.74) is 1.74. The van der Waals surface area contributed by atoms with Crippen molar-refractivity contribution in [3.8, 4) is 22.8 Å². The van der Waals surface area contributed by atoms with Gasteiger partial charge >= 0.3 is 0 Å². The highest BCUT2D eigenvalue weighted by molar-refractivity contribution is 5.62. The quantitative estimate of drug-likeness (QED) is 0.752. The Morgan fingerprint density at radius 3 is 2.62 bits per heavy atom. The van der Waals surface area contributed by atoms with E-state index in [0.29, 0.717) is 30.4 Å². The summed E-state index contributed by atoms with van der Waals surface area (Å²) in [5.74, 6) is 2.04. The van der Waals surface area contributed by atoms with Gasteiger partial charge in [0.2, 0.25) is 0 Å². The number of hydrogen-bond donors (Lipinski definition) is 1. The van der Waals surface area contributed by atoms with Crippen LogP contribution in [0.2, 0.25) is 0 Å². The molecule has 0 unspecified atom stereocenters. The van der Waals surface area contributed by atoms with E-state index in [0.717, 1.165) is 17.8 Å². The molecule has 0 aliphatic carbocycles. The largest absolute Gasteiger partial charge is 0.493 e. The first-order chi connectivity index (χ1) is 10.3. The first-order valence-electron chi connectivity index (χ1n) is 6.66. The van der Waals surface area contributed by atoms with Crippen LogP contribution in [0.1, 0.15) is 5.69 Å². The topological polar surface area (TPSA) is 65.8 Å². The van der Waals surface area contributed by atoms with Crippen molar-refractivity contribution in [2.24, 2.45) is 0 Å². The molecule has 1 aromatic carbocycles. The van der Waals surface area contributed by atoms with Crippen LogP contribution in [0.5, 0.6) is 11.5 Å². The van der Waals surface area contributed by atoms with Gasteiger partial charge in [-0.1, -0.05) is 5.16 Å². The monoisotopic (exact) mass is 292 g/mol. The molecule has 0 spiro atoms. The molecule has 0 radical (unpaired) electrons. The molecule has 1 N–H and O–H groups in total.